The average Bonchev–Trinajstić information content (AvgIpc) is 2.75. The molecule has 12 heteroatoms. The molecule has 178 valence electrons. The lowest BCUT2D eigenvalue weighted by atomic mass is 10.2. The summed E-state index contributed by atoms with van der Waals surface area (Å²) in [7, 11) is -3.84. The molecule has 1 fully saturated rings. The fourth-order valence-electron chi connectivity index (χ4n) is 2.97. The van der Waals surface area contributed by atoms with Crippen LogP contribution in [0.15, 0.2) is 23.1 Å². The Hall–Kier alpha value is -2.21. The van der Waals surface area contributed by atoms with E-state index in [1.54, 1.807) is 20.8 Å². The van der Waals surface area contributed by atoms with Crippen molar-refractivity contribution in [2.75, 3.05) is 46.0 Å². The minimum Gasteiger partial charge on any atom is -0.452 e. The van der Waals surface area contributed by atoms with Crippen molar-refractivity contribution in [2.24, 2.45) is 0 Å². The van der Waals surface area contributed by atoms with Crippen LogP contribution in [0.3, 0.4) is 0 Å². The maximum Gasteiger partial charge on any atom is 0.340 e. The second-order valence-corrected chi connectivity index (χ2v) is 9.71. The van der Waals surface area contributed by atoms with Crippen LogP contribution < -0.4 is 5.32 Å². The van der Waals surface area contributed by atoms with Crippen molar-refractivity contribution in [1.29, 1.82) is 0 Å². The van der Waals surface area contributed by atoms with Crippen molar-refractivity contribution < 1.29 is 32.3 Å². The Kier molecular flexibility index (Phi) is 9.44. The fraction of sp³-hybridized carbons (Fsp3) is 0.550. The Labute approximate surface area is 192 Å². The van der Waals surface area contributed by atoms with Crippen LogP contribution >= 0.6 is 11.6 Å². The molecule has 1 aliphatic heterocycles. The number of esters is 1. The van der Waals surface area contributed by atoms with Gasteiger partial charge in [-0.3, -0.25) is 9.59 Å². The molecule has 0 bridgehead atoms. The van der Waals surface area contributed by atoms with Gasteiger partial charge in [0.2, 0.25) is 15.9 Å². The zero-order chi connectivity index (χ0) is 23.9. The topological polar surface area (TPSA) is 122 Å². The third-order valence-corrected chi connectivity index (χ3v) is 6.84. The largest absolute Gasteiger partial charge is 0.452 e. The number of nitrogens with zero attached hydrogens (tertiary/aromatic N) is 2. The van der Waals surface area contributed by atoms with E-state index >= 15 is 0 Å². The number of carbonyl (C=O) groups is 3. The Morgan fingerprint density at radius 2 is 1.91 bits per heavy atom. The Bertz CT molecular complexity index is 947. The van der Waals surface area contributed by atoms with Crippen molar-refractivity contribution in [3.05, 3.63) is 28.8 Å². The molecule has 0 unspecified atom stereocenters. The standard InChI is InChI=1S/C20H28ClN3O7S/c1-4-23(12-18(25)22-14(2)3)19(26)13-31-20(27)16-11-15(5-6-17(16)21)32(28,29)24-7-9-30-10-8-24/h5-6,11,14H,4,7-10,12-13H2,1-3H3,(H,22,25). The number of sulfonamides is 1. The first kappa shape index (κ1) is 26.0. The van der Waals surface area contributed by atoms with E-state index in [4.69, 9.17) is 21.1 Å². The van der Waals surface area contributed by atoms with Gasteiger partial charge in [-0.05, 0) is 39.0 Å². The highest BCUT2D eigenvalue weighted by Crippen LogP contribution is 2.24. The molecule has 1 aliphatic rings. The molecule has 2 amide bonds. The summed E-state index contributed by atoms with van der Waals surface area (Å²) in [6.07, 6.45) is 0. The molecule has 2 rings (SSSR count). The van der Waals surface area contributed by atoms with Crippen LogP contribution in [0.5, 0.6) is 0 Å². The van der Waals surface area contributed by atoms with E-state index in [0.717, 1.165) is 6.07 Å². The van der Waals surface area contributed by atoms with Crippen molar-refractivity contribution in [3.63, 3.8) is 0 Å². The zero-order valence-corrected chi connectivity index (χ0v) is 19.9. The third kappa shape index (κ3) is 6.89. The van der Waals surface area contributed by atoms with Crippen LogP contribution in [0.2, 0.25) is 5.02 Å². The number of hydrogen-bond donors (Lipinski definition) is 1. The number of hydrogen-bond acceptors (Lipinski definition) is 7. The van der Waals surface area contributed by atoms with E-state index in [9.17, 15) is 22.8 Å². The van der Waals surface area contributed by atoms with E-state index in [2.05, 4.69) is 5.32 Å². The normalized spacial score (nSPS) is 14.8. The highest BCUT2D eigenvalue weighted by atomic mass is 35.5. The summed E-state index contributed by atoms with van der Waals surface area (Å²) in [6.45, 7) is 5.74. The molecule has 0 atom stereocenters. The molecule has 0 saturated carbocycles. The maximum absolute atomic E-state index is 12.8. The molecule has 0 aromatic heterocycles. The quantitative estimate of drug-likeness (QED) is 0.511. The zero-order valence-electron chi connectivity index (χ0n) is 18.3. The molecule has 1 heterocycles. The lowest BCUT2D eigenvalue weighted by molar-refractivity contribution is -0.138. The fourth-order valence-corrected chi connectivity index (χ4v) is 4.60. The van der Waals surface area contributed by atoms with Crippen LogP contribution in [-0.4, -0.2) is 87.4 Å². The van der Waals surface area contributed by atoms with Crippen LogP contribution in [-0.2, 0) is 29.1 Å². The lowest BCUT2D eigenvalue weighted by Crippen LogP contribution is -2.44. The van der Waals surface area contributed by atoms with Gasteiger partial charge in [0, 0.05) is 25.7 Å². The van der Waals surface area contributed by atoms with E-state index in [1.807, 2.05) is 0 Å². The number of amides is 2. The second kappa shape index (κ2) is 11.6. The molecule has 1 N–H and O–H groups in total. The van der Waals surface area contributed by atoms with Crippen LogP contribution in [0.4, 0.5) is 0 Å². The Morgan fingerprint density at radius 3 is 2.50 bits per heavy atom. The minimum absolute atomic E-state index is 0.00737. The van der Waals surface area contributed by atoms with Crippen molar-refractivity contribution in [2.45, 2.75) is 31.7 Å². The number of morpholine rings is 1. The molecule has 1 saturated heterocycles. The van der Waals surface area contributed by atoms with Gasteiger partial charge >= 0.3 is 5.97 Å². The highest BCUT2D eigenvalue weighted by molar-refractivity contribution is 7.89. The number of rotatable bonds is 9. The molecule has 1 aromatic rings. The molecule has 32 heavy (non-hydrogen) atoms. The summed E-state index contributed by atoms with van der Waals surface area (Å²) in [6, 6.07) is 3.66. The van der Waals surface area contributed by atoms with E-state index in [-0.39, 0.29) is 66.8 Å². The molecule has 0 radical (unpaired) electrons. The van der Waals surface area contributed by atoms with Gasteiger partial charge in [-0.1, -0.05) is 11.6 Å². The summed E-state index contributed by atoms with van der Waals surface area (Å²) in [5.74, 6) is -1.83. The number of likely N-dealkylation sites (N-methyl/N-ethyl adjacent to an activating group) is 1. The molecule has 0 aliphatic carbocycles. The Balaban J connectivity index is 2.07. The van der Waals surface area contributed by atoms with Crippen LogP contribution in [0, 0.1) is 0 Å². The average molecular weight is 490 g/mol. The maximum atomic E-state index is 12.8. The first-order chi connectivity index (χ1) is 15.1. The summed E-state index contributed by atoms with van der Waals surface area (Å²) in [5.41, 5.74) is -0.172. The van der Waals surface area contributed by atoms with Crippen molar-refractivity contribution in [3.8, 4) is 0 Å². The number of nitrogens with one attached hydrogen (secondary N) is 1. The van der Waals surface area contributed by atoms with Gasteiger partial charge in [0.15, 0.2) is 6.61 Å². The number of carbonyl (C=O) groups excluding carboxylic acids is 3. The van der Waals surface area contributed by atoms with Crippen LogP contribution in [0.25, 0.3) is 0 Å². The van der Waals surface area contributed by atoms with Crippen molar-refractivity contribution in [1.82, 2.24) is 14.5 Å². The monoisotopic (exact) mass is 489 g/mol. The molecular weight excluding hydrogens is 462 g/mol. The number of benzene rings is 1. The summed E-state index contributed by atoms with van der Waals surface area (Å²) in [5, 5.41) is 2.67. The minimum atomic E-state index is -3.84. The summed E-state index contributed by atoms with van der Waals surface area (Å²) in [4.78, 5) is 37.9. The van der Waals surface area contributed by atoms with E-state index in [0.29, 0.717) is 0 Å². The first-order valence-electron chi connectivity index (χ1n) is 10.2. The van der Waals surface area contributed by atoms with Gasteiger partial charge in [-0.15, -0.1) is 0 Å². The van der Waals surface area contributed by atoms with Crippen LogP contribution in [0.1, 0.15) is 31.1 Å². The van der Waals surface area contributed by atoms with E-state index < -0.39 is 28.5 Å². The summed E-state index contributed by atoms with van der Waals surface area (Å²) >= 11 is 6.07. The van der Waals surface area contributed by atoms with Gasteiger partial charge in [0.05, 0.1) is 35.2 Å². The first-order valence-corrected chi connectivity index (χ1v) is 12.0. The second-order valence-electron chi connectivity index (χ2n) is 7.36. The predicted octanol–water partition coefficient (Wildman–Crippen LogP) is 0.891. The Morgan fingerprint density at radius 1 is 1.25 bits per heavy atom. The smallest absolute Gasteiger partial charge is 0.340 e. The van der Waals surface area contributed by atoms with Gasteiger partial charge in [-0.25, -0.2) is 13.2 Å². The third-order valence-electron chi connectivity index (χ3n) is 4.61. The van der Waals surface area contributed by atoms with E-state index in [1.165, 1.54) is 21.3 Å². The molecule has 0 spiro atoms. The lowest BCUT2D eigenvalue weighted by Gasteiger charge is -2.26. The summed E-state index contributed by atoms with van der Waals surface area (Å²) < 4.78 is 37.1. The number of ether oxygens (including phenoxy) is 2. The van der Waals surface area contributed by atoms with Gasteiger partial charge in [-0.2, -0.15) is 4.31 Å². The predicted molar refractivity (Wildman–Crippen MR) is 117 cm³/mol. The molecular formula is C20H28ClN3O7S. The van der Waals surface area contributed by atoms with Gasteiger partial charge in [0.25, 0.3) is 5.91 Å². The molecule has 10 nitrogen and oxygen atoms in total. The van der Waals surface area contributed by atoms with Crippen molar-refractivity contribution >= 4 is 39.4 Å². The SMILES string of the molecule is CCN(CC(=O)NC(C)C)C(=O)COC(=O)c1cc(S(=O)(=O)N2CCOCC2)ccc1Cl. The highest BCUT2D eigenvalue weighted by Gasteiger charge is 2.28. The number of halogens is 1. The van der Waals surface area contributed by atoms with Gasteiger partial charge in [0.1, 0.15) is 0 Å². The van der Waals surface area contributed by atoms with Gasteiger partial charge < -0.3 is 19.7 Å². The molecule has 1 aromatic carbocycles.